The summed E-state index contributed by atoms with van der Waals surface area (Å²) < 4.78 is 5.30. The van der Waals surface area contributed by atoms with Crippen molar-refractivity contribution in [2.75, 3.05) is 24.7 Å². The lowest BCUT2D eigenvalue weighted by Crippen LogP contribution is -2.17. The number of carbonyl (C=O) groups is 1. The summed E-state index contributed by atoms with van der Waals surface area (Å²) in [5.74, 6) is 0.587. The van der Waals surface area contributed by atoms with E-state index < -0.39 is 0 Å². The number of hydrogen-bond acceptors (Lipinski definition) is 7. The van der Waals surface area contributed by atoms with Crippen LogP contribution < -0.4 is 10.6 Å². The Hall–Kier alpha value is -2.70. The lowest BCUT2D eigenvalue weighted by Gasteiger charge is -2.16. The predicted molar refractivity (Wildman–Crippen MR) is 95.2 cm³/mol. The number of hydrogen-bond donors (Lipinski definition) is 1. The summed E-state index contributed by atoms with van der Waals surface area (Å²) in [6.07, 6.45) is 4.94. The first-order valence-electron chi connectivity index (χ1n) is 8.45. The number of carbonyl (C=O) groups excluding carboxylic acids is 1. The van der Waals surface area contributed by atoms with Gasteiger partial charge in [-0.1, -0.05) is 18.2 Å². The van der Waals surface area contributed by atoms with Crippen LogP contribution >= 0.6 is 0 Å². The Morgan fingerprint density at radius 3 is 2.68 bits per heavy atom. The molecule has 1 heterocycles. The summed E-state index contributed by atoms with van der Waals surface area (Å²) in [7, 11) is 3.61. The van der Waals surface area contributed by atoms with Gasteiger partial charge in [0.05, 0.1) is 6.42 Å². The summed E-state index contributed by atoms with van der Waals surface area (Å²) in [6, 6.07) is 6.27. The van der Waals surface area contributed by atoms with Gasteiger partial charge in [-0.05, 0) is 42.4 Å². The largest absolute Gasteiger partial charge is 0.457 e. The first kappa shape index (κ1) is 17.1. The highest BCUT2D eigenvalue weighted by Gasteiger charge is 2.13. The van der Waals surface area contributed by atoms with Gasteiger partial charge in [0.1, 0.15) is 0 Å². The molecule has 132 valence electrons. The third-order valence-corrected chi connectivity index (χ3v) is 4.21. The number of nitrogens with zero attached hydrogens (tertiary/aromatic N) is 4. The van der Waals surface area contributed by atoms with Crippen molar-refractivity contribution in [1.82, 2.24) is 15.0 Å². The van der Waals surface area contributed by atoms with Crippen LogP contribution in [0, 0.1) is 0 Å². The first-order valence-corrected chi connectivity index (χ1v) is 8.45. The fourth-order valence-corrected chi connectivity index (χ4v) is 2.95. The molecule has 7 heteroatoms. The van der Waals surface area contributed by atoms with Crippen molar-refractivity contribution in [1.29, 1.82) is 0 Å². The van der Waals surface area contributed by atoms with Crippen LogP contribution in [0.3, 0.4) is 0 Å². The molecule has 1 aromatic carbocycles. The highest BCUT2D eigenvalue weighted by Crippen LogP contribution is 2.22. The van der Waals surface area contributed by atoms with Gasteiger partial charge in [0, 0.05) is 14.1 Å². The zero-order chi connectivity index (χ0) is 17.8. The van der Waals surface area contributed by atoms with E-state index in [2.05, 4.69) is 27.1 Å². The van der Waals surface area contributed by atoms with Crippen molar-refractivity contribution in [3.8, 4) is 0 Å². The number of benzene rings is 1. The second-order valence-corrected chi connectivity index (χ2v) is 6.45. The van der Waals surface area contributed by atoms with Gasteiger partial charge in [-0.2, -0.15) is 15.0 Å². The second kappa shape index (κ2) is 7.46. The number of rotatable bonds is 5. The van der Waals surface area contributed by atoms with E-state index >= 15 is 0 Å². The topological polar surface area (TPSA) is 94.2 Å². The minimum atomic E-state index is -0.304. The third-order valence-electron chi connectivity index (χ3n) is 4.21. The van der Waals surface area contributed by atoms with Crippen molar-refractivity contribution in [3.63, 3.8) is 0 Å². The summed E-state index contributed by atoms with van der Waals surface area (Å²) in [4.78, 5) is 26.1. The molecule has 1 aliphatic carbocycles. The SMILES string of the molecule is CN(C)c1nc(N)nc(COC(=O)Cc2ccc3c(c2)CCCC3)n1. The predicted octanol–water partition coefficient (Wildman–Crippen LogP) is 1.68. The summed E-state index contributed by atoms with van der Waals surface area (Å²) in [5, 5.41) is 0. The molecule has 3 rings (SSSR count). The number of aromatic nitrogens is 3. The average molecular weight is 341 g/mol. The number of nitrogen functional groups attached to an aromatic ring is 1. The van der Waals surface area contributed by atoms with Crippen molar-refractivity contribution in [3.05, 3.63) is 40.7 Å². The van der Waals surface area contributed by atoms with Crippen LogP contribution in [0.15, 0.2) is 18.2 Å². The molecular weight excluding hydrogens is 318 g/mol. The van der Waals surface area contributed by atoms with Crippen LogP contribution in [0.5, 0.6) is 0 Å². The van der Waals surface area contributed by atoms with Crippen molar-refractivity contribution >= 4 is 17.9 Å². The zero-order valence-corrected chi connectivity index (χ0v) is 14.7. The minimum absolute atomic E-state index is 0.0165. The Labute approximate surface area is 147 Å². The molecule has 25 heavy (non-hydrogen) atoms. The Morgan fingerprint density at radius 2 is 1.92 bits per heavy atom. The van der Waals surface area contributed by atoms with Crippen LogP contribution in [0.4, 0.5) is 11.9 Å². The molecule has 0 saturated heterocycles. The zero-order valence-electron chi connectivity index (χ0n) is 14.7. The van der Waals surface area contributed by atoms with Crippen molar-refractivity contribution in [2.24, 2.45) is 0 Å². The van der Waals surface area contributed by atoms with Gasteiger partial charge in [0.25, 0.3) is 0 Å². The molecule has 0 radical (unpaired) electrons. The standard InChI is InChI=1S/C18H23N5O2/c1-23(2)18-21-15(20-17(19)22-18)11-25-16(24)10-12-7-8-13-5-3-4-6-14(13)9-12/h7-9H,3-6,10-11H2,1-2H3,(H2,19,20,21,22). The van der Waals surface area contributed by atoms with Gasteiger partial charge in [-0.15, -0.1) is 0 Å². The molecule has 0 unspecified atom stereocenters. The number of fused-ring (bicyclic) bond motifs is 1. The van der Waals surface area contributed by atoms with Gasteiger partial charge in [0.2, 0.25) is 11.9 Å². The van der Waals surface area contributed by atoms with Gasteiger partial charge in [-0.25, -0.2) is 0 Å². The second-order valence-electron chi connectivity index (χ2n) is 6.45. The Kier molecular flexibility index (Phi) is 5.11. The molecule has 2 N–H and O–H groups in total. The van der Waals surface area contributed by atoms with Crippen molar-refractivity contribution in [2.45, 2.75) is 38.7 Å². The fraction of sp³-hybridized carbons (Fsp3) is 0.444. The highest BCUT2D eigenvalue weighted by molar-refractivity contribution is 5.72. The highest BCUT2D eigenvalue weighted by atomic mass is 16.5. The Bertz CT molecular complexity index is 776. The number of anilines is 2. The average Bonchev–Trinajstić information content (AvgIpc) is 2.59. The molecule has 0 amide bonds. The lowest BCUT2D eigenvalue weighted by atomic mass is 9.90. The molecule has 0 spiro atoms. The summed E-state index contributed by atoms with van der Waals surface area (Å²) in [5.41, 5.74) is 9.41. The number of aryl methyl sites for hydroxylation is 2. The molecule has 2 aromatic rings. The van der Waals surface area contributed by atoms with E-state index in [1.165, 1.54) is 24.0 Å². The molecular formula is C18H23N5O2. The summed E-state index contributed by atoms with van der Waals surface area (Å²) >= 11 is 0. The van der Waals surface area contributed by atoms with Crippen LogP contribution in [-0.4, -0.2) is 35.0 Å². The van der Waals surface area contributed by atoms with E-state index in [1.54, 1.807) is 19.0 Å². The van der Waals surface area contributed by atoms with E-state index in [4.69, 9.17) is 10.5 Å². The maximum Gasteiger partial charge on any atom is 0.310 e. The molecule has 7 nitrogen and oxygen atoms in total. The van der Waals surface area contributed by atoms with E-state index in [0.29, 0.717) is 11.8 Å². The molecule has 0 aliphatic heterocycles. The monoisotopic (exact) mass is 341 g/mol. The van der Waals surface area contributed by atoms with E-state index in [9.17, 15) is 4.79 Å². The number of nitrogens with two attached hydrogens (primary N) is 1. The first-order chi connectivity index (χ1) is 12.0. The molecule has 1 aliphatic rings. The Balaban J connectivity index is 1.60. The smallest absolute Gasteiger partial charge is 0.310 e. The molecule has 0 saturated carbocycles. The number of esters is 1. The van der Waals surface area contributed by atoms with Gasteiger partial charge in [0.15, 0.2) is 12.4 Å². The van der Waals surface area contributed by atoms with E-state index in [0.717, 1.165) is 18.4 Å². The fourth-order valence-electron chi connectivity index (χ4n) is 2.95. The quantitative estimate of drug-likeness (QED) is 0.827. The summed E-state index contributed by atoms with van der Waals surface area (Å²) in [6.45, 7) is -0.0165. The normalized spacial score (nSPS) is 13.2. The van der Waals surface area contributed by atoms with Crippen LogP contribution in [0.1, 0.15) is 35.4 Å². The van der Waals surface area contributed by atoms with Crippen LogP contribution in [0.2, 0.25) is 0 Å². The molecule has 1 aromatic heterocycles. The van der Waals surface area contributed by atoms with E-state index in [-0.39, 0.29) is 24.9 Å². The third kappa shape index (κ3) is 4.43. The molecule has 0 fully saturated rings. The molecule has 0 bridgehead atoms. The lowest BCUT2D eigenvalue weighted by molar-refractivity contribution is -0.144. The number of ether oxygens (including phenoxy) is 1. The Morgan fingerprint density at radius 1 is 1.16 bits per heavy atom. The van der Waals surface area contributed by atoms with Crippen LogP contribution in [-0.2, 0) is 35.4 Å². The van der Waals surface area contributed by atoms with Crippen LogP contribution in [0.25, 0.3) is 0 Å². The maximum absolute atomic E-state index is 12.1. The maximum atomic E-state index is 12.1. The minimum Gasteiger partial charge on any atom is -0.457 e. The van der Waals surface area contributed by atoms with Gasteiger partial charge in [-0.3, -0.25) is 4.79 Å². The molecule has 0 atom stereocenters. The van der Waals surface area contributed by atoms with Crippen molar-refractivity contribution < 1.29 is 9.53 Å². The van der Waals surface area contributed by atoms with E-state index in [1.807, 2.05) is 6.07 Å². The van der Waals surface area contributed by atoms with Gasteiger partial charge >= 0.3 is 5.97 Å². The van der Waals surface area contributed by atoms with Gasteiger partial charge < -0.3 is 15.4 Å².